The number of carbonyl (C=O) groups excluding carboxylic acids is 2. The van der Waals surface area contributed by atoms with Crippen LogP contribution in [0.2, 0.25) is 0 Å². The maximum absolute atomic E-state index is 12.1. The molecule has 12 heteroatoms. The third-order valence-electron chi connectivity index (χ3n) is 7.67. The third-order valence-corrected chi connectivity index (χ3v) is 13.6. The lowest BCUT2D eigenvalue weighted by atomic mass is 9.76. The number of ether oxygens (including phenoxy) is 4. The number of esters is 2. The number of aryl methyl sites for hydroxylation is 4. The van der Waals surface area contributed by atoms with Crippen molar-refractivity contribution in [1.29, 1.82) is 0 Å². The summed E-state index contributed by atoms with van der Waals surface area (Å²) in [6, 6.07) is 8.44. The van der Waals surface area contributed by atoms with E-state index in [2.05, 4.69) is 38.1 Å². The SMILES string of the molecule is Cc1cc(C(C)(C)c2cc(C)c(OCC(O)COC(=O)C3SCCS3)c(C)c2)cc(C)c1OCC(O)COC(=O)C1SCCS1. The molecule has 2 aliphatic rings. The first-order valence-corrected chi connectivity index (χ1v) is 19.2. The van der Waals surface area contributed by atoms with E-state index in [-0.39, 0.29) is 52.9 Å². The van der Waals surface area contributed by atoms with Gasteiger partial charge in [-0.2, -0.15) is 0 Å². The molecule has 45 heavy (non-hydrogen) atoms. The van der Waals surface area contributed by atoms with Gasteiger partial charge in [0.1, 0.15) is 59.3 Å². The van der Waals surface area contributed by atoms with Crippen LogP contribution in [0.4, 0.5) is 0 Å². The van der Waals surface area contributed by atoms with Crippen molar-refractivity contribution < 1.29 is 38.7 Å². The smallest absolute Gasteiger partial charge is 0.329 e. The fourth-order valence-corrected chi connectivity index (χ4v) is 10.3. The minimum Gasteiger partial charge on any atom is -0.490 e. The number of rotatable bonds is 14. The first-order chi connectivity index (χ1) is 21.4. The Morgan fingerprint density at radius 3 is 1.29 bits per heavy atom. The van der Waals surface area contributed by atoms with Gasteiger partial charge in [0, 0.05) is 28.4 Å². The average Bonchev–Trinajstić information content (AvgIpc) is 3.73. The van der Waals surface area contributed by atoms with Gasteiger partial charge >= 0.3 is 11.9 Å². The van der Waals surface area contributed by atoms with Gasteiger partial charge in [-0.05, 0) is 61.1 Å². The largest absolute Gasteiger partial charge is 0.490 e. The van der Waals surface area contributed by atoms with Crippen molar-refractivity contribution >= 4 is 59.0 Å². The monoisotopic (exact) mass is 696 g/mol. The van der Waals surface area contributed by atoms with Crippen LogP contribution in [0.1, 0.15) is 47.2 Å². The average molecular weight is 697 g/mol. The Balaban J connectivity index is 1.34. The Labute approximate surface area is 283 Å². The van der Waals surface area contributed by atoms with Gasteiger partial charge in [0.2, 0.25) is 0 Å². The first kappa shape index (κ1) is 36.1. The third kappa shape index (κ3) is 9.67. The van der Waals surface area contributed by atoms with Gasteiger partial charge in [0.25, 0.3) is 0 Å². The minimum absolute atomic E-state index is 0.0261. The summed E-state index contributed by atoms with van der Waals surface area (Å²) < 4.78 is 22.2. The summed E-state index contributed by atoms with van der Waals surface area (Å²) in [4.78, 5) is 24.3. The summed E-state index contributed by atoms with van der Waals surface area (Å²) in [5.74, 6) is 4.58. The highest BCUT2D eigenvalue weighted by atomic mass is 32.2. The van der Waals surface area contributed by atoms with Crippen molar-refractivity contribution in [2.45, 2.75) is 68.3 Å². The molecule has 248 valence electrons. The quantitative estimate of drug-likeness (QED) is 0.246. The van der Waals surface area contributed by atoms with E-state index in [1.165, 1.54) is 0 Å². The second-order valence-corrected chi connectivity index (χ2v) is 17.3. The van der Waals surface area contributed by atoms with Gasteiger partial charge in [-0.15, -0.1) is 47.0 Å². The molecular formula is C33H44O8S4. The molecule has 2 aliphatic heterocycles. The summed E-state index contributed by atoms with van der Waals surface area (Å²) in [5.41, 5.74) is 5.71. The Kier molecular flexibility index (Phi) is 13.2. The van der Waals surface area contributed by atoms with E-state index in [0.717, 1.165) is 56.4 Å². The van der Waals surface area contributed by atoms with Gasteiger partial charge in [-0.1, -0.05) is 38.1 Å². The van der Waals surface area contributed by atoms with E-state index >= 15 is 0 Å². The molecule has 2 saturated heterocycles. The maximum Gasteiger partial charge on any atom is 0.329 e. The summed E-state index contributed by atoms with van der Waals surface area (Å²) >= 11 is 6.30. The second kappa shape index (κ2) is 16.4. The normalized spacial score (nSPS) is 17.2. The lowest BCUT2D eigenvalue weighted by molar-refractivity contribution is -0.145. The standard InChI is InChI=1S/C33H44O8S4/c1-19-11-23(12-20(2)27(19)38-15-25(34)17-40-29(36)31-42-7-8-43-31)33(5,6)24-13-21(3)28(22(4)14-24)39-16-26(35)18-41-30(37)32-44-9-10-45-32/h11-14,25-26,31-32,34-35H,7-10,15-18H2,1-6H3. The summed E-state index contributed by atoms with van der Waals surface area (Å²) in [6.45, 7) is 12.2. The lowest BCUT2D eigenvalue weighted by Crippen LogP contribution is -2.28. The number of aliphatic hydroxyl groups is 2. The Morgan fingerprint density at radius 2 is 0.978 bits per heavy atom. The molecule has 0 amide bonds. The lowest BCUT2D eigenvalue weighted by Gasteiger charge is -2.29. The van der Waals surface area contributed by atoms with Gasteiger partial charge in [0.05, 0.1) is 0 Å². The number of thioether (sulfide) groups is 4. The van der Waals surface area contributed by atoms with Crippen molar-refractivity contribution in [3.8, 4) is 11.5 Å². The van der Waals surface area contributed by atoms with Crippen LogP contribution >= 0.6 is 47.0 Å². The number of carbonyl (C=O) groups is 2. The molecule has 2 heterocycles. The fraction of sp³-hybridized carbons (Fsp3) is 0.576. The van der Waals surface area contributed by atoms with E-state index in [9.17, 15) is 19.8 Å². The number of hydrogen-bond donors (Lipinski definition) is 2. The van der Waals surface area contributed by atoms with Crippen LogP contribution in [0.15, 0.2) is 24.3 Å². The molecule has 2 unspecified atom stereocenters. The van der Waals surface area contributed by atoms with Crippen LogP contribution in [0.5, 0.6) is 11.5 Å². The molecule has 0 saturated carbocycles. The van der Waals surface area contributed by atoms with Gasteiger partial charge in [0.15, 0.2) is 0 Å². The molecule has 4 rings (SSSR count). The van der Waals surface area contributed by atoms with E-state index in [1.54, 1.807) is 47.0 Å². The van der Waals surface area contributed by atoms with Crippen molar-refractivity contribution in [2.75, 3.05) is 49.4 Å². The highest BCUT2D eigenvalue weighted by Gasteiger charge is 2.29. The molecule has 2 aromatic rings. The minimum atomic E-state index is -0.918. The van der Waals surface area contributed by atoms with Crippen LogP contribution in [-0.2, 0) is 24.5 Å². The van der Waals surface area contributed by atoms with Crippen molar-refractivity contribution in [1.82, 2.24) is 0 Å². The van der Waals surface area contributed by atoms with Crippen molar-refractivity contribution in [3.05, 3.63) is 57.6 Å². The van der Waals surface area contributed by atoms with Crippen molar-refractivity contribution in [2.24, 2.45) is 0 Å². The summed E-state index contributed by atoms with van der Waals surface area (Å²) in [7, 11) is 0. The molecule has 0 bridgehead atoms. The predicted molar refractivity (Wildman–Crippen MR) is 186 cm³/mol. The molecule has 2 atom stereocenters. The van der Waals surface area contributed by atoms with E-state index in [1.807, 2.05) is 27.7 Å². The van der Waals surface area contributed by atoms with E-state index in [4.69, 9.17) is 18.9 Å². The molecule has 8 nitrogen and oxygen atoms in total. The van der Waals surface area contributed by atoms with Crippen LogP contribution in [-0.4, -0.2) is 93.0 Å². The van der Waals surface area contributed by atoms with E-state index in [0.29, 0.717) is 11.5 Å². The summed E-state index contributed by atoms with van der Waals surface area (Å²) in [5, 5.41) is 20.8. The van der Waals surface area contributed by atoms with Gasteiger partial charge in [-0.25, -0.2) is 9.59 Å². The van der Waals surface area contributed by atoms with Crippen molar-refractivity contribution in [3.63, 3.8) is 0 Å². The predicted octanol–water partition coefficient (Wildman–Crippen LogP) is 5.42. The highest BCUT2D eigenvalue weighted by molar-refractivity contribution is 8.21. The molecule has 2 N–H and O–H groups in total. The van der Waals surface area contributed by atoms with Crippen LogP contribution in [0.25, 0.3) is 0 Å². The Hall–Kier alpha value is -1.70. The first-order valence-electron chi connectivity index (χ1n) is 15.0. The Morgan fingerprint density at radius 1 is 0.667 bits per heavy atom. The molecule has 2 aromatic carbocycles. The zero-order chi connectivity index (χ0) is 32.7. The number of aliphatic hydroxyl groups excluding tert-OH is 2. The number of hydrogen-bond acceptors (Lipinski definition) is 12. The fourth-order valence-electron chi connectivity index (χ4n) is 5.18. The van der Waals surface area contributed by atoms with Gasteiger partial charge in [-0.3, -0.25) is 0 Å². The van der Waals surface area contributed by atoms with Gasteiger partial charge < -0.3 is 29.2 Å². The molecule has 2 fully saturated rings. The highest BCUT2D eigenvalue weighted by Crippen LogP contribution is 2.39. The molecule has 0 radical (unpaired) electrons. The van der Waals surface area contributed by atoms with Crippen LogP contribution in [0.3, 0.4) is 0 Å². The second-order valence-electron chi connectivity index (χ2n) is 11.8. The molecule has 0 aromatic heterocycles. The zero-order valence-corrected chi connectivity index (χ0v) is 30.0. The number of benzene rings is 2. The topological polar surface area (TPSA) is 112 Å². The van der Waals surface area contributed by atoms with Crippen LogP contribution in [0, 0.1) is 27.7 Å². The zero-order valence-electron chi connectivity index (χ0n) is 26.8. The maximum atomic E-state index is 12.1. The molecule has 0 spiro atoms. The molecular weight excluding hydrogens is 653 g/mol. The Bertz CT molecular complexity index is 1190. The van der Waals surface area contributed by atoms with E-state index < -0.39 is 12.2 Å². The van der Waals surface area contributed by atoms with Crippen LogP contribution < -0.4 is 9.47 Å². The summed E-state index contributed by atoms with van der Waals surface area (Å²) in [6.07, 6.45) is -1.84. The molecule has 0 aliphatic carbocycles.